The number of carbonyl (C=O) groups is 1. The Morgan fingerprint density at radius 2 is 1.69 bits per heavy atom. The quantitative estimate of drug-likeness (QED) is 0.251. The van der Waals surface area contributed by atoms with Gasteiger partial charge in [-0.3, -0.25) is 4.79 Å². The molecule has 0 spiro atoms. The molecule has 4 heteroatoms. The Labute approximate surface area is 211 Å². The molecule has 5 rings (SSSR count). The monoisotopic (exact) mass is 475 g/mol. The van der Waals surface area contributed by atoms with Gasteiger partial charge in [0.2, 0.25) is 5.91 Å². The van der Waals surface area contributed by atoms with E-state index in [0.29, 0.717) is 12.3 Å². The highest BCUT2D eigenvalue weighted by molar-refractivity contribution is 6.07. The number of furan rings is 1. The lowest BCUT2D eigenvalue weighted by Crippen LogP contribution is -2.23. The van der Waals surface area contributed by atoms with Crippen molar-refractivity contribution < 1.29 is 13.9 Å². The van der Waals surface area contributed by atoms with Gasteiger partial charge < -0.3 is 14.5 Å². The van der Waals surface area contributed by atoms with Crippen LogP contribution in [0.5, 0.6) is 5.75 Å². The van der Waals surface area contributed by atoms with Crippen LogP contribution >= 0.6 is 0 Å². The molecule has 0 aliphatic rings. The molecule has 4 nitrogen and oxygen atoms in total. The predicted octanol–water partition coefficient (Wildman–Crippen LogP) is 7.33. The molecule has 0 atom stereocenters. The summed E-state index contributed by atoms with van der Waals surface area (Å²) >= 11 is 0. The SMILES string of the molecule is COc1c(/C(C)=C/C(=O)NCCc2ccccc2)cc2c(-c3cccc4ccccc34)coc2c1C. The van der Waals surface area contributed by atoms with Crippen LogP contribution < -0.4 is 10.1 Å². The van der Waals surface area contributed by atoms with E-state index in [4.69, 9.17) is 9.15 Å². The molecule has 1 heterocycles. The van der Waals surface area contributed by atoms with Crippen LogP contribution in [0.15, 0.2) is 95.6 Å². The molecule has 0 bridgehead atoms. The molecule has 5 aromatic rings. The minimum atomic E-state index is -0.121. The number of hydrogen-bond donors (Lipinski definition) is 1. The van der Waals surface area contributed by atoms with Gasteiger partial charge in [-0.2, -0.15) is 0 Å². The van der Waals surface area contributed by atoms with E-state index in [1.807, 2.05) is 44.4 Å². The summed E-state index contributed by atoms with van der Waals surface area (Å²) in [5.74, 6) is 0.594. The van der Waals surface area contributed by atoms with Crippen molar-refractivity contribution in [2.45, 2.75) is 20.3 Å². The maximum absolute atomic E-state index is 12.7. The Kier molecular flexibility index (Phi) is 6.59. The van der Waals surface area contributed by atoms with Gasteiger partial charge in [-0.15, -0.1) is 0 Å². The first-order chi connectivity index (χ1) is 17.6. The van der Waals surface area contributed by atoms with Crippen LogP contribution in [0, 0.1) is 6.92 Å². The van der Waals surface area contributed by atoms with Gasteiger partial charge in [0.1, 0.15) is 11.3 Å². The number of nitrogens with one attached hydrogen (secondary N) is 1. The Bertz CT molecular complexity index is 1570. The molecular weight excluding hydrogens is 446 g/mol. The van der Waals surface area contributed by atoms with Crippen molar-refractivity contribution in [3.05, 3.63) is 108 Å². The third kappa shape index (κ3) is 4.50. The van der Waals surface area contributed by atoms with Gasteiger partial charge in [-0.05, 0) is 53.8 Å². The molecule has 0 aliphatic heterocycles. The van der Waals surface area contributed by atoms with Gasteiger partial charge in [-0.1, -0.05) is 72.8 Å². The summed E-state index contributed by atoms with van der Waals surface area (Å²) < 4.78 is 11.8. The average Bonchev–Trinajstić information content (AvgIpc) is 3.33. The number of ether oxygens (including phenoxy) is 1. The molecule has 0 radical (unpaired) electrons. The van der Waals surface area contributed by atoms with Crippen LogP contribution in [0.3, 0.4) is 0 Å². The zero-order chi connectivity index (χ0) is 25.1. The van der Waals surface area contributed by atoms with E-state index >= 15 is 0 Å². The normalized spacial score (nSPS) is 11.7. The van der Waals surface area contributed by atoms with Crippen molar-refractivity contribution in [3.63, 3.8) is 0 Å². The molecule has 0 saturated carbocycles. The zero-order valence-corrected chi connectivity index (χ0v) is 20.8. The molecule has 0 aliphatic carbocycles. The summed E-state index contributed by atoms with van der Waals surface area (Å²) in [6.07, 6.45) is 4.25. The molecule has 0 fully saturated rings. The van der Waals surface area contributed by atoms with Crippen LogP contribution in [0.25, 0.3) is 38.4 Å². The first kappa shape index (κ1) is 23.4. The highest BCUT2D eigenvalue weighted by atomic mass is 16.5. The minimum absolute atomic E-state index is 0.121. The Hall–Kier alpha value is -4.31. The van der Waals surface area contributed by atoms with Gasteiger partial charge in [0, 0.05) is 34.7 Å². The van der Waals surface area contributed by atoms with E-state index in [-0.39, 0.29) is 5.91 Å². The number of methoxy groups -OCH3 is 1. The number of aryl methyl sites for hydroxylation is 1. The molecule has 0 saturated heterocycles. The summed E-state index contributed by atoms with van der Waals surface area (Å²) in [5, 5.41) is 6.34. The number of carbonyl (C=O) groups excluding carboxylic acids is 1. The van der Waals surface area contributed by atoms with Gasteiger partial charge in [-0.25, -0.2) is 0 Å². The summed E-state index contributed by atoms with van der Waals surface area (Å²) in [6, 6.07) is 26.9. The fraction of sp³-hybridized carbons (Fsp3) is 0.156. The largest absolute Gasteiger partial charge is 0.496 e. The van der Waals surface area contributed by atoms with E-state index in [1.54, 1.807) is 13.2 Å². The Morgan fingerprint density at radius 3 is 2.50 bits per heavy atom. The summed E-state index contributed by atoms with van der Waals surface area (Å²) in [6.45, 7) is 4.51. The van der Waals surface area contributed by atoms with Crippen LogP contribution in [0.1, 0.15) is 23.6 Å². The molecule has 36 heavy (non-hydrogen) atoms. The third-order valence-electron chi connectivity index (χ3n) is 6.66. The third-order valence-corrected chi connectivity index (χ3v) is 6.66. The summed E-state index contributed by atoms with van der Waals surface area (Å²) in [7, 11) is 1.65. The molecule has 1 amide bonds. The van der Waals surface area contributed by atoms with E-state index in [1.165, 1.54) is 16.3 Å². The second kappa shape index (κ2) is 10.1. The van der Waals surface area contributed by atoms with Crippen molar-refractivity contribution in [2.24, 2.45) is 0 Å². The van der Waals surface area contributed by atoms with Crippen molar-refractivity contribution in [2.75, 3.05) is 13.7 Å². The average molecular weight is 476 g/mol. The number of amides is 1. The van der Waals surface area contributed by atoms with Crippen LogP contribution in [0.2, 0.25) is 0 Å². The number of fused-ring (bicyclic) bond motifs is 2. The maximum atomic E-state index is 12.7. The molecule has 180 valence electrons. The van der Waals surface area contributed by atoms with Crippen molar-refractivity contribution in [3.8, 4) is 16.9 Å². The Morgan fingerprint density at radius 1 is 0.944 bits per heavy atom. The molecule has 1 aromatic heterocycles. The fourth-order valence-corrected chi connectivity index (χ4v) is 4.84. The minimum Gasteiger partial charge on any atom is -0.496 e. The first-order valence-electron chi connectivity index (χ1n) is 12.1. The van der Waals surface area contributed by atoms with E-state index in [9.17, 15) is 4.79 Å². The zero-order valence-electron chi connectivity index (χ0n) is 20.8. The lowest BCUT2D eigenvalue weighted by Gasteiger charge is -2.14. The second-order valence-corrected chi connectivity index (χ2v) is 8.99. The summed E-state index contributed by atoms with van der Waals surface area (Å²) in [4.78, 5) is 12.7. The van der Waals surface area contributed by atoms with E-state index < -0.39 is 0 Å². The number of hydrogen-bond acceptors (Lipinski definition) is 3. The van der Waals surface area contributed by atoms with Crippen LogP contribution in [0.4, 0.5) is 0 Å². The van der Waals surface area contributed by atoms with Crippen molar-refractivity contribution in [1.29, 1.82) is 0 Å². The van der Waals surface area contributed by atoms with Crippen molar-refractivity contribution in [1.82, 2.24) is 5.32 Å². The van der Waals surface area contributed by atoms with Gasteiger partial charge in [0.15, 0.2) is 0 Å². The lowest BCUT2D eigenvalue weighted by molar-refractivity contribution is -0.116. The molecule has 1 N–H and O–H groups in total. The maximum Gasteiger partial charge on any atom is 0.244 e. The number of benzene rings is 4. The number of rotatable bonds is 7. The van der Waals surface area contributed by atoms with Crippen LogP contribution in [-0.4, -0.2) is 19.6 Å². The standard InChI is InChI=1S/C32H29NO3/c1-21(18-30(34)33-17-16-23-10-5-4-6-11-23)27-19-28-29(20-36-32(28)22(2)31(27)35-3)26-15-9-13-24-12-7-8-14-25(24)26/h4-15,18-20H,16-17H2,1-3H3,(H,33,34)/b21-18+. The molecular formula is C32H29NO3. The van der Waals surface area contributed by atoms with Gasteiger partial charge >= 0.3 is 0 Å². The molecule has 0 unspecified atom stereocenters. The predicted molar refractivity (Wildman–Crippen MR) is 147 cm³/mol. The van der Waals surface area contributed by atoms with E-state index in [2.05, 4.69) is 59.9 Å². The van der Waals surface area contributed by atoms with Gasteiger partial charge in [0.25, 0.3) is 0 Å². The summed E-state index contributed by atoms with van der Waals surface area (Å²) in [5.41, 5.74) is 6.74. The topological polar surface area (TPSA) is 51.5 Å². The Balaban J connectivity index is 1.50. The van der Waals surface area contributed by atoms with Crippen molar-refractivity contribution >= 4 is 33.2 Å². The second-order valence-electron chi connectivity index (χ2n) is 8.99. The first-order valence-corrected chi connectivity index (χ1v) is 12.1. The lowest BCUT2D eigenvalue weighted by atomic mass is 9.94. The number of allylic oxidation sites excluding steroid dienone is 1. The smallest absolute Gasteiger partial charge is 0.244 e. The molecule has 4 aromatic carbocycles. The fourth-order valence-electron chi connectivity index (χ4n) is 4.84. The van der Waals surface area contributed by atoms with Crippen LogP contribution in [-0.2, 0) is 11.2 Å². The highest BCUT2D eigenvalue weighted by Gasteiger charge is 2.19. The van der Waals surface area contributed by atoms with E-state index in [0.717, 1.165) is 45.2 Å². The van der Waals surface area contributed by atoms with Gasteiger partial charge in [0.05, 0.1) is 13.4 Å². The highest BCUT2D eigenvalue weighted by Crippen LogP contribution is 2.42.